The summed E-state index contributed by atoms with van der Waals surface area (Å²) < 4.78 is 6.16. The largest absolute Gasteiger partial charge is 0.497 e. The molecule has 2 aromatic carbocycles. The Morgan fingerprint density at radius 1 is 1.12 bits per heavy atom. The third-order valence-electron chi connectivity index (χ3n) is 6.01. The Hall–Kier alpha value is -1.99. The summed E-state index contributed by atoms with van der Waals surface area (Å²) in [7, 11) is 1.65. The van der Waals surface area contributed by atoms with E-state index in [0.29, 0.717) is 12.3 Å². The molecule has 0 aliphatic heterocycles. The number of ether oxygens (including phenoxy) is 1. The summed E-state index contributed by atoms with van der Waals surface area (Å²) in [6.07, 6.45) is 5.59. The van der Waals surface area contributed by atoms with Gasteiger partial charge in [-0.1, -0.05) is 59.5 Å². The van der Waals surface area contributed by atoms with Crippen molar-refractivity contribution in [2.75, 3.05) is 12.9 Å². The van der Waals surface area contributed by atoms with Crippen molar-refractivity contribution in [3.8, 4) is 5.75 Å². The van der Waals surface area contributed by atoms with E-state index in [1.165, 1.54) is 6.42 Å². The molecule has 0 saturated heterocycles. The van der Waals surface area contributed by atoms with Gasteiger partial charge in [-0.05, 0) is 55.2 Å². The second kappa shape index (κ2) is 13.0. The molecule has 1 N–H and O–H groups in total. The maximum Gasteiger partial charge on any atom is 0.242 e. The van der Waals surface area contributed by atoms with Gasteiger partial charge in [-0.15, -0.1) is 11.8 Å². The Kier molecular flexibility index (Phi) is 10.1. The highest BCUT2D eigenvalue weighted by Crippen LogP contribution is 2.21. The lowest BCUT2D eigenvalue weighted by atomic mass is 9.95. The molecule has 5 nitrogen and oxygen atoms in total. The fourth-order valence-corrected chi connectivity index (χ4v) is 5.36. The Balaban J connectivity index is 1.63. The van der Waals surface area contributed by atoms with Crippen LogP contribution in [-0.4, -0.2) is 41.7 Å². The average molecular weight is 534 g/mol. The van der Waals surface area contributed by atoms with Gasteiger partial charge in [0.05, 0.1) is 12.9 Å². The number of amides is 2. The van der Waals surface area contributed by atoms with E-state index >= 15 is 0 Å². The molecule has 2 aromatic rings. The first-order valence-corrected chi connectivity index (χ1v) is 13.5. The van der Waals surface area contributed by atoms with Crippen LogP contribution in [0.3, 0.4) is 0 Å². The number of thioether (sulfide) groups is 1. The van der Waals surface area contributed by atoms with Crippen LogP contribution in [0.4, 0.5) is 0 Å². The number of benzene rings is 2. The summed E-state index contributed by atoms with van der Waals surface area (Å²) in [5, 5.41) is 3.18. The van der Waals surface area contributed by atoms with E-state index in [9.17, 15) is 9.59 Å². The molecule has 0 bridgehead atoms. The molecule has 0 aromatic heterocycles. The van der Waals surface area contributed by atoms with Gasteiger partial charge in [0.1, 0.15) is 11.8 Å². The molecule has 1 atom stereocenters. The van der Waals surface area contributed by atoms with Crippen LogP contribution in [0.15, 0.2) is 53.0 Å². The van der Waals surface area contributed by atoms with Gasteiger partial charge in [0.15, 0.2) is 0 Å². The Morgan fingerprint density at radius 3 is 2.52 bits per heavy atom. The zero-order chi connectivity index (χ0) is 23.6. The summed E-state index contributed by atoms with van der Waals surface area (Å²) in [5.41, 5.74) is 2.13. The maximum atomic E-state index is 13.3. The molecule has 1 unspecified atom stereocenters. The van der Waals surface area contributed by atoms with Crippen LogP contribution in [-0.2, 0) is 21.9 Å². The average Bonchev–Trinajstić information content (AvgIpc) is 2.83. The van der Waals surface area contributed by atoms with Gasteiger partial charge >= 0.3 is 0 Å². The van der Waals surface area contributed by atoms with Crippen LogP contribution in [0.5, 0.6) is 5.75 Å². The van der Waals surface area contributed by atoms with Crippen molar-refractivity contribution in [1.29, 1.82) is 0 Å². The topological polar surface area (TPSA) is 58.6 Å². The molecule has 1 fully saturated rings. The minimum atomic E-state index is -0.528. The number of hydrogen-bond donors (Lipinski definition) is 1. The van der Waals surface area contributed by atoms with Crippen molar-refractivity contribution in [3.63, 3.8) is 0 Å². The molecule has 1 aliphatic carbocycles. The second-order valence-corrected chi connectivity index (χ2v) is 10.4. The number of rotatable bonds is 10. The minimum Gasteiger partial charge on any atom is -0.497 e. The van der Waals surface area contributed by atoms with E-state index in [1.807, 2.05) is 55.5 Å². The molecule has 1 saturated carbocycles. The van der Waals surface area contributed by atoms with E-state index in [1.54, 1.807) is 23.8 Å². The second-order valence-electron chi connectivity index (χ2n) is 8.51. The molecule has 2 amide bonds. The molecular formula is C26H33BrN2O3S. The van der Waals surface area contributed by atoms with Gasteiger partial charge in [0.2, 0.25) is 11.8 Å². The van der Waals surface area contributed by atoms with Crippen molar-refractivity contribution >= 4 is 39.5 Å². The molecule has 0 spiro atoms. The summed E-state index contributed by atoms with van der Waals surface area (Å²) >= 11 is 5.06. The van der Waals surface area contributed by atoms with Gasteiger partial charge < -0.3 is 15.0 Å². The molecule has 0 radical (unpaired) electrons. The highest BCUT2D eigenvalue weighted by atomic mass is 79.9. The smallest absolute Gasteiger partial charge is 0.242 e. The first-order valence-electron chi connectivity index (χ1n) is 11.5. The normalized spacial score (nSPS) is 15.0. The summed E-state index contributed by atoms with van der Waals surface area (Å²) in [6.45, 7) is 2.24. The lowest BCUT2D eigenvalue weighted by Crippen LogP contribution is -2.50. The highest BCUT2D eigenvalue weighted by Gasteiger charge is 2.28. The number of methoxy groups -OCH3 is 1. The third-order valence-corrected chi connectivity index (χ3v) is 7.50. The molecule has 3 rings (SSSR count). The van der Waals surface area contributed by atoms with Crippen LogP contribution in [0.25, 0.3) is 0 Å². The summed E-state index contributed by atoms with van der Waals surface area (Å²) in [4.78, 5) is 28.0. The molecule has 0 heterocycles. The van der Waals surface area contributed by atoms with Crippen LogP contribution in [0.2, 0.25) is 0 Å². The van der Waals surface area contributed by atoms with Crippen molar-refractivity contribution in [2.45, 2.75) is 63.4 Å². The number of carbonyl (C=O) groups is 2. The van der Waals surface area contributed by atoms with E-state index < -0.39 is 6.04 Å². The van der Waals surface area contributed by atoms with Crippen LogP contribution in [0, 0.1) is 0 Å². The summed E-state index contributed by atoms with van der Waals surface area (Å²) in [6, 6.07) is 15.5. The first-order chi connectivity index (χ1) is 16.0. The molecule has 1 aliphatic rings. The number of carbonyl (C=O) groups excluding carboxylic acids is 2. The van der Waals surface area contributed by atoms with E-state index in [0.717, 1.165) is 52.8 Å². The molecule has 7 heteroatoms. The maximum absolute atomic E-state index is 13.3. The van der Waals surface area contributed by atoms with Crippen molar-refractivity contribution < 1.29 is 14.3 Å². The van der Waals surface area contributed by atoms with Crippen molar-refractivity contribution in [1.82, 2.24) is 10.2 Å². The standard InChI is InChI=1S/C26H33BrN2O3S/c1-19(26(31)28-23-9-4-3-5-10-23)29(16-21-7-6-8-22(27)15-21)25(30)18-33-17-20-11-13-24(32-2)14-12-20/h6-8,11-15,19,23H,3-5,9-10,16-18H2,1-2H3,(H,28,31). The van der Waals surface area contributed by atoms with Crippen LogP contribution < -0.4 is 10.1 Å². The van der Waals surface area contributed by atoms with Gasteiger partial charge in [-0.3, -0.25) is 9.59 Å². The number of nitrogens with one attached hydrogen (secondary N) is 1. The Morgan fingerprint density at radius 2 is 1.85 bits per heavy atom. The molecule has 33 heavy (non-hydrogen) atoms. The lowest BCUT2D eigenvalue weighted by Gasteiger charge is -2.31. The number of nitrogens with zero attached hydrogens (tertiary/aromatic N) is 1. The fraction of sp³-hybridized carbons (Fsp3) is 0.462. The SMILES string of the molecule is COc1ccc(CSCC(=O)N(Cc2cccc(Br)c2)C(C)C(=O)NC2CCCCC2)cc1. The first kappa shape index (κ1) is 25.6. The van der Waals surface area contributed by atoms with Gasteiger partial charge in [-0.25, -0.2) is 0 Å². The van der Waals surface area contributed by atoms with E-state index in [4.69, 9.17) is 4.74 Å². The van der Waals surface area contributed by atoms with E-state index in [-0.39, 0.29) is 17.9 Å². The summed E-state index contributed by atoms with van der Waals surface area (Å²) in [5.74, 6) is 1.77. The zero-order valence-electron chi connectivity index (χ0n) is 19.4. The Labute approximate surface area is 209 Å². The highest BCUT2D eigenvalue weighted by molar-refractivity contribution is 9.10. The van der Waals surface area contributed by atoms with E-state index in [2.05, 4.69) is 21.2 Å². The van der Waals surface area contributed by atoms with Gasteiger partial charge in [0.25, 0.3) is 0 Å². The lowest BCUT2D eigenvalue weighted by molar-refractivity contribution is -0.139. The Bertz CT molecular complexity index is 916. The zero-order valence-corrected chi connectivity index (χ0v) is 21.8. The fourth-order valence-electron chi connectivity index (χ4n) is 4.04. The van der Waals surface area contributed by atoms with Crippen molar-refractivity contribution in [3.05, 3.63) is 64.1 Å². The van der Waals surface area contributed by atoms with Crippen molar-refractivity contribution in [2.24, 2.45) is 0 Å². The number of halogens is 1. The third kappa shape index (κ3) is 8.07. The van der Waals surface area contributed by atoms with Gasteiger partial charge in [0, 0.05) is 22.8 Å². The molecular weight excluding hydrogens is 500 g/mol. The predicted molar refractivity (Wildman–Crippen MR) is 138 cm³/mol. The van der Waals surface area contributed by atoms with Crippen LogP contribution in [0.1, 0.15) is 50.2 Å². The monoisotopic (exact) mass is 532 g/mol. The number of hydrogen-bond acceptors (Lipinski definition) is 4. The van der Waals surface area contributed by atoms with Gasteiger partial charge in [-0.2, -0.15) is 0 Å². The molecule has 178 valence electrons. The minimum absolute atomic E-state index is 0.0280. The van der Waals surface area contributed by atoms with Crippen LogP contribution >= 0.6 is 27.7 Å². The quantitative estimate of drug-likeness (QED) is 0.435. The predicted octanol–water partition coefficient (Wildman–Crippen LogP) is 5.56.